The number of benzene rings is 2. The zero-order chi connectivity index (χ0) is 17.0. The number of nitrogens with zero attached hydrogens (tertiary/aromatic N) is 1. The number of hydrogen-bond acceptors (Lipinski definition) is 4. The molecule has 0 bridgehead atoms. The van der Waals surface area contributed by atoms with Crippen LogP contribution in [0.25, 0.3) is 0 Å². The Labute approximate surface area is 144 Å². The minimum atomic E-state index is -3.65. The van der Waals surface area contributed by atoms with Gasteiger partial charge in [0, 0.05) is 19.6 Å². The summed E-state index contributed by atoms with van der Waals surface area (Å²) >= 11 is 0. The maximum absolute atomic E-state index is 12.1. The van der Waals surface area contributed by atoms with Gasteiger partial charge in [-0.15, -0.1) is 0 Å². The van der Waals surface area contributed by atoms with Crippen molar-refractivity contribution in [2.45, 2.75) is 31.2 Å². The van der Waals surface area contributed by atoms with E-state index in [1.165, 1.54) is 11.1 Å². The van der Waals surface area contributed by atoms with Gasteiger partial charge in [-0.1, -0.05) is 42.0 Å². The van der Waals surface area contributed by atoms with Gasteiger partial charge in [-0.05, 0) is 43.0 Å². The zero-order valence-corrected chi connectivity index (χ0v) is 14.8. The second kappa shape index (κ2) is 7.47. The summed E-state index contributed by atoms with van der Waals surface area (Å²) in [5.74, 6) is 0. The zero-order valence-electron chi connectivity index (χ0n) is 13.9. The lowest BCUT2D eigenvalue weighted by Crippen LogP contribution is -2.31. The largest absolute Gasteiger partial charge is 0.299 e. The van der Waals surface area contributed by atoms with Crippen LogP contribution in [0.4, 0.5) is 0 Å². The molecule has 0 spiro atoms. The van der Waals surface area contributed by atoms with Crippen LogP contribution < -0.4 is 0 Å². The van der Waals surface area contributed by atoms with Gasteiger partial charge < -0.3 is 0 Å². The van der Waals surface area contributed by atoms with Crippen LogP contribution in [0.15, 0.2) is 53.4 Å². The predicted octanol–water partition coefficient (Wildman–Crippen LogP) is 3.15. The first kappa shape index (κ1) is 17.1. The van der Waals surface area contributed by atoms with Gasteiger partial charge in [-0.25, -0.2) is 0 Å². The first-order chi connectivity index (χ1) is 11.5. The van der Waals surface area contributed by atoms with Gasteiger partial charge in [0.05, 0.1) is 11.5 Å². The van der Waals surface area contributed by atoms with E-state index in [9.17, 15) is 8.42 Å². The van der Waals surface area contributed by atoms with E-state index in [-0.39, 0.29) is 11.5 Å². The van der Waals surface area contributed by atoms with E-state index in [0.29, 0.717) is 6.42 Å². The quantitative estimate of drug-likeness (QED) is 0.596. The topological polar surface area (TPSA) is 46.6 Å². The Hall–Kier alpha value is -1.69. The van der Waals surface area contributed by atoms with E-state index in [0.717, 1.165) is 31.6 Å². The molecule has 1 aliphatic heterocycles. The summed E-state index contributed by atoms with van der Waals surface area (Å²) in [6.45, 7) is 4.93. The third-order valence-electron chi connectivity index (χ3n) is 4.38. The number of fused-ring (bicyclic) bond motifs is 1. The molecular formula is C19H23NO3S. The molecule has 0 saturated carbocycles. The van der Waals surface area contributed by atoms with Gasteiger partial charge in [0.15, 0.2) is 0 Å². The molecule has 0 aliphatic carbocycles. The fourth-order valence-electron chi connectivity index (χ4n) is 2.97. The summed E-state index contributed by atoms with van der Waals surface area (Å²) in [6, 6.07) is 15.2. The van der Waals surface area contributed by atoms with Crippen molar-refractivity contribution in [3.8, 4) is 0 Å². The number of hydrogen-bond donors (Lipinski definition) is 0. The molecule has 0 unspecified atom stereocenters. The predicted molar refractivity (Wildman–Crippen MR) is 94.4 cm³/mol. The van der Waals surface area contributed by atoms with Gasteiger partial charge in [0.25, 0.3) is 10.1 Å². The molecule has 0 N–H and O–H groups in total. The van der Waals surface area contributed by atoms with Crippen LogP contribution in [0.1, 0.15) is 23.1 Å². The maximum Gasteiger partial charge on any atom is 0.296 e. The van der Waals surface area contributed by atoms with Crippen molar-refractivity contribution in [3.05, 3.63) is 65.2 Å². The van der Waals surface area contributed by atoms with Crippen LogP contribution in [0, 0.1) is 6.92 Å². The fraction of sp³-hybridized carbons (Fsp3) is 0.368. The SMILES string of the molecule is Cc1ccc(S(=O)(=O)OCCCN2CCc3ccccc3C2)cc1. The highest BCUT2D eigenvalue weighted by molar-refractivity contribution is 7.86. The van der Waals surface area contributed by atoms with E-state index in [1.807, 2.05) is 6.92 Å². The third-order valence-corrected chi connectivity index (χ3v) is 5.70. The van der Waals surface area contributed by atoms with Gasteiger partial charge >= 0.3 is 0 Å². The van der Waals surface area contributed by atoms with Crippen LogP contribution in [0.5, 0.6) is 0 Å². The maximum atomic E-state index is 12.1. The number of aryl methyl sites for hydroxylation is 1. The summed E-state index contributed by atoms with van der Waals surface area (Å²) in [4.78, 5) is 2.57. The summed E-state index contributed by atoms with van der Waals surface area (Å²) in [7, 11) is -3.65. The van der Waals surface area contributed by atoms with Crippen LogP contribution >= 0.6 is 0 Å². The molecule has 0 amide bonds. The fourth-order valence-corrected chi connectivity index (χ4v) is 3.92. The van der Waals surface area contributed by atoms with E-state index in [4.69, 9.17) is 4.18 Å². The molecule has 24 heavy (non-hydrogen) atoms. The summed E-state index contributed by atoms with van der Waals surface area (Å²) in [5.41, 5.74) is 3.82. The molecule has 0 saturated heterocycles. The Morgan fingerprint density at radius 3 is 2.50 bits per heavy atom. The van der Waals surface area contributed by atoms with Gasteiger partial charge in [-0.2, -0.15) is 8.42 Å². The third kappa shape index (κ3) is 4.23. The smallest absolute Gasteiger partial charge is 0.296 e. The van der Waals surface area contributed by atoms with Crippen LogP contribution in [0.3, 0.4) is 0 Å². The van der Waals surface area contributed by atoms with E-state index in [1.54, 1.807) is 24.3 Å². The van der Waals surface area contributed by atoms with Crippen molar-refractivity contribution in [3.63, 3.8) is 0 Å². The van der Waals surface area contributed by atoms with Crippen LogP contribution in [-0.4, -0.2) is 33.0 Å². The summed E-state index contributed by atoms with van der Waals surface area (Å²) in [6.07, 6.45) is 1.76. The lowest BCUT2D eigenvalue weighted by Gasteiger charge is -2.28. The van der Waals surface area contributed by atoms with Crippen molar-refractivity contribution in [2.24, 2.45) is 0 Å². The summed E-state index contributed by atoms with van der Waals surface area (Å²) < 4.78 is 29.4. The van der Waals surface area contributed by atoms with E-state index < -0.39 is 10.1 Å². The molecule has 128 valence electrons. The molecule has 0 radical (unpaired) electrons. The second-order valence-electron chi connectivity index (χ2n) is 6.24. The highest BCUT2D eigenvalue weighted by atomic mass is 32.2. The highest BCUT2D eigenvalue weighted by Crippen LogP contribution is 2.19. The molecule has 0 aromatic heterocycles. The Morgan fingerprint density at radius 2 is 1.75 bits per heavy atom. The first-order valence-electron chi connectivity index (χ1n) is 8.30. The van der Waals surface area contributed by atoms with Gasteiger partial charge in [-0.3, -0.25) is 9.08 Å². The standard InChI is InChI=1S/C19H23NO3S/c1-16-7-9-19(10-8-16)24(21,22)23-14-4-12-20-13-11-17-5-2-3-6-18(17)15-20/h2-3,5-10H,4,11-15H2,1H3. The molecule has 3 rings (SSSR count). The molecule has 5 heteroatoms. The average molecular weight is 345 g/mol. The van der Waals surface area contributed by atoms with E-state index in [2.05, 4.69) is 29.2 Å². The highest BCUT2D eigenvalue weighted by Gasteiger charge is 2.17. The Kier molecular flexibility index (Phi) is 5.33. The Bertz CT molecular complexity index is 785. The molecule has 4 nitrogen and oxygen atoms in total. The second-order valence-corrected chi connectivity index (χ2v) is 7.85. The first-order valence-corrected chi connectivity index (χ1v) is 9.71. The van der Waals surface area contributed by atoms with E-state index >= 15 is 0 Å². The molecule has 1 heterocycles. The molecule has 0 fully saturated rings. The Balaban J connectivity index is 1.47. The van der Waals surface area contributed by atoms with Crippen LogP contribution in [0.2, 0.25) is 0 Å². The van der Waals surface area contributed by atoms with Crippen molar-refractivity contribution < 1.29 is 12.6 Å². The van der Waals surface area contributed by atoms with Crippen molar-refractivity contribution >= 4 is 10.1 Å². The minimum absolute atomic E-state index is 0.217. The molecule has 1 aliphatic rings. The lowest BCUT2D eigenvalue weighted by molar-refractivity contribution is 0.223. The average Bonchev–Trinajstić information content (AvgIpc) is 2.59. The lowest BCUT2D eigenvalue weighted by atomic mass is 10.00. The van der Waals surface area contributed by atoms with Gasteiger partial charge in [0.1, 0.15) is 0 Å². The molecule has 2 aromatic carbocycles. The minimum Gasteiger partial charge on any atom is -0.299 e. The Morgan fingerprint density at radius 1 is 1.04 bits per heavy atom. The molecular weight excluding hydrogens is 322 g/mol. The van der Waals surface area contributed by atoms with Crippen molar-refractivity contribution in [1.29, 1.82) is 0 Å². The van der Waals surface area contributed by atoms with Gasteiger partial charge in [0.2, 0.25) is 0 Å². The van der Waals surface area contributed by atoms with Crippen molar-refractivity contribution in [2.75, 3.05) is 19.7 Å². The monoisotopic (exact) mass is 345 g/mol. The molecule has 0 atom stereocenters. The van der Waals surface area contributed by atoms with Crippen molar-refractivity contribution in [1.82, 2.24) is 4.90 Å². The normalized spacial score (nSPS) is 15.2. The van der Waals surface area contributed by atoms with Crippen LogP contribution in [-0.2, 0) is 27.3 Å². The summed E-state index contributed by atoms with van der Waals surface area (Å²) in [5, 5.41) is 0. The molecule has 2 aromatic rings. The number of rotatable bonds is 6.